The first-order chi connectivity index (χ1) is 29.0. The molecule has 0 N–H and O–H groups in total. The van der Waals surface area contributed by atoms with Crippen molar-refractivity contribution in [2.45, 2.75) is 19.3 Å². The van der Waals surface area contributed by atoms with Gasteiger partial charge in [-0.15, -0.1) is 0 Å². The second-order valence-electron chi connectivity index (χ2n) is 16.1. The van der Waals surface area contributed by atoms with Gasteiger partial charge in [0, 0.05) is 33.1 Å². The van der Waals surface area contributed by atoms with Crippen LogP contribution in [0, 0.1) is 0 Å². The Labute approximate surface area is 345 Å². The fourth-order valence-corrected chi connectivity index (χ4v) is 9.32. The Hall–Kier alpha value is -7.42. The van der Waals surface area contributed by atoms with Crippen LogP contribution in [-0.2, 0) is 5.41 Å². The van der Waals surface area contributed by atoms with Crippen molar-refractivity contribution >= 4 is 39.0 Å². The highest BCUT2D eigenvalue weighted by molar-refractivity contribution is 6.06. The summed E-state index contributed by atoms with van der Waals surface area (Å²) in [5.41, 5.74) is 19.8. The lowest BCUT2D eigenvalue weighted by atomic mass is 9.82. The molecule has 1 aliphatic rings. The molecule has 0 amide bonds. The van der Waals surface area contributed by atoms with Crippen LogP contribution < -0.4 is 4.90 Å². The van der Waals surface area contributed by atoms with Gasteiger partial charge in [0.1, 0.15) is 11.2 Å². The molecule has 2 nitrogen and oxygen atoms in total. The number of anilines is 3. The topological polar surface area (TPSA) is 16.4 Å². The zero-order valence-electron chi connectivity index (χ0n) is 33.1. The molecule has 11 rings (SSSR count). The van der Waals surface area contributed by atoms with Gasteiger partial charge in [0.05, 0.1) is 5.69 Å². The zero-order valence-corrected chi connectivity index (χ0v) is 33.1. The maximum atomic E-state index is 6.34. The minimum atomic E-state index is -0.0963. The Kier molecular flexibility index (Phi) is 8.20. The average Bonchev–Trinajstić information content (AvgIpc) is 3.79. The molecule has 0 fully saturated rings. The molecular formula is C57H41NO. The molecule has 0 saturated heterocycles. The van der Waals surface area contributed by atoms with Crippen molar-refractivity contribution in [3.63, 3.8) is 0 Å². The Morgan fingerprint density at radius 2 is 0.898 bits per heavy atom. The van der Waals surface area contributed by atoms with Crippen LogP contribution >= 0.6 is 0 Å². The molecule has 9 aromatic carbocycles. The lowest BCUT2D eigenvalue weighted by molar-refractivity contribution is 0.660. The number of para-hydroxylation sites is 2. The minimum Gasteiger partial charge on any atom is -0.456 e. The summed E-state index contributed by atoms with van der Waals surface area (Å²) in [6.07, 6.45) is 0. The number of hydrogen-bond donors (Lipinski definition) is 0. The van der Waals surface area contributed by atoms with E-state index in [1.165, 1.54) is 55.6 Å². The maximum absolute atomic E-state index is 6.34. The number of benzene rings is 9. The largest absolute Gasteiger partial charge is 0.456 e. The van der Waals surface area contributed by atoms with Crippen molar-refractivity contribution in [1.82, 2.24) is 0 Å². The quantitative estimate of drug-likeness (QED) is 0.161. The monoisotopic (exact) mass is 755 g/mol. The molecular weight excluding hydrogens is 715 g/mol. The van der Waals surface area contributed by atoms with Gasteiger partial charge in [0.15, 0.2) is 0 Å². The van der Waals surface area contributed by atoms with E-state index in [-0.39, 0.29) is 5.41 Å². The molecule has 0 unspecified atom stereocenters. The van der Waals surface area contributed by atoms with Crippen LogP contribution in [0.3, 0.4) is 0 Å². The van der Waals surface area contributed by atoms with Crippen LogP contribution in [0.1, 0.15) is 25.0 Å². The lowest BCUT2D eigenvalue weighted by Gasteiger charge is -2.29. The van der Waals surface area contributed by atoms with Crippen molar-refractivity contribution in [1.29, 1.82) is 0 Å². The molecule has 0 spiro atoms. The van der Waals surface area contributed by atoms with Crippen molar-refractivity contribution in [3.05, 3.63) is 223 Å². The first kappa shape index (κ1) is 34.8. The first-order valence-corrected chi connectivity index (χ1v) is 20.4. The van der Waals surface area contributed by atoms with Gasteiger partial charge in [0.25, 0.3) is 0 Å². The van der Waals surface area contributed by atoms with Crippen molar-refractivity contribution in [3.8, 4) is 55.6 Å². The van der Waals surface area contributed by atoms with Gasteiger partial charge in [-0.25, -0.2) is 0 Å². The van der Waals surface area contributed by atoms with Gasteiger partial charge < -0.3 is 9.32 Å². The highest BCUT2D eigenvalue weighted by Gasteiger charge is 2.37. The number of furan rings is 1. The molecule has 0 bridgehead atoms. The molecule has 0 radical (unpaired) electrons. The van der Waals surface area contributed by atoms with E-state index in [4.69, 9.17) is 4.42 Å². The van der Waals surface area contributed by atoms with Crippen LogP contribution in [0.25, 0.3) is 77.6 Å². The molecule has 1 heterocycles. The average molecular weight is 756 g/mol. The summed E-state index contributed by atoms with van der Waals surface area (Å²) < 4.78 is 6.34. The summed E-state index contributed by atoms with van der Waals surface area (Å²) in [5, 5.41) is 2.27. The van der Waals surface area contributed by atoms with E-state index in [0.29, 0.717) is 0 Å². The Bertz CT molecular complexity index is 3170. The standard InChI is InChI=1S/C57H41NO/c1-57(2)51-22-9-6-20-50(51)56-49(21-13-23-52(56)57)46-18-7-10-24-53(46)58(44-33-30-41(31-34-44)40-28-26-39(27-29-40)38-14-4-3-5-15-38)45-17-12-16-42(36-45)43-32-35-48-47-19-8-11-25-54(47)59-55(48)37-43/h3-37H,1-2H3. The fraction of sp³-hybridized carbons (Fsp3) is 0.0526. The molecule has 0 aliphatic heterocycles. The van der Waals surface area contributed by atoms with Gasteiger partial charge in [0.2, 0.25) is 0 Å². The van der Waals surface area contributed by atoms with Crippen LogP contribution in [0.5, 0.6) is 0 Å². The van der Waals surface area contributed by atoms with Crippen molar-refractivity contribution in [2.24, 2.45) is 0 Å². The maximum Gasteiger partial charge on any atom is 0.136 e. The Balaban J connectivity index is 1.05. The van der Waals surface area contributed by atoms with Crippen molar-refractivity contribution < 1.29 is 4.42 Å². The SMILES string of the molecule is CC1(C)c2ccccc2-c2c(-c3ccccc3N(c3ccc(-c4ccc(-c5ccccc5)cc4)cc3)c3cccc(-c4ccc5c(c4)oc4ccccc45)c3)cccc21. The third-order valence-electron chi connectivity index (χ3n) is 12.3. The molecule has 0 atom stereocenters. The molecule has 2 heteroatoms. The van der Waals surface area contributed by atoms with Gasteiger partial charge in [-0.05, 0) is 110 Å². The van der Waals surface area contributed by atoms with E-state index in [1.807, 2.05) is 12.1 Å². The second kappa shape index (κ2) is 13.9. The van der Waals surface area contributed by atoms with E-state index >= 15 is 0 Å². The van der Waals surface area contributed by atoms with Gasteiger partial charge in [-0.2, -0.15) is 0 Å². The summed E-state index contributed by atoms with van der Waals surface area (Å²) in [7, 11) is 0. The molecule has 1 aliphatic carbocycles. The van der Waals surface area contributed by atoms with Crippen LogP contribution in [-0.4, -0.2) is 0 Å². The summed E-state index contributed by atoms with van der Waals surface area (Å²) >= 11 is 0. The minimum absolute atomic E-state index is 0.0963. The molecule has 59 heavy (non-hydrogen) atoms. The van der Waals surface area contributed by atoms with E-state index in [1.54, 1.807) is 0 Å². The van der Waals surface area contributed by atoms with Gasteiger partial charge >= 0.3 is 0 Å². The number of hydrogen-bond acceptors (Lipinski definition) is 2. The normalized spacial score (nSPS) is 12.7. The Morgan fingerprint density at radius 1 is 0.356 bits per heavy atom. The molecule has 10 aromatic rings. The highest BCUT2D eigenvalue weighted by atomic mass is 16.3. The van der Waals surface area contributed by atoms with Crippen LogP contribution in [0.15, 0.2) is 217 Å². The van der Waals surface area contributed by atoms with Crippen molar-refractivity contribution in [2.75, 3.05) is 4.90 Å². The number of nitrogens with zero attached hydrogens (tertiary/aromatic N) is 1. The van der Waals surface area contributed by atoms with Crippen LogP contribution in [0.2, 0.25) is 0 Å². The third kappa shape index (κ3) is 5.87. The van der Waals surface area contributed by atoms with Crippen LogP contribution in [0.4, 0.5) is 17.1 Å². The van der Waals surface area contributed by atoms with Gasteiger partial charge in [-0.3, -0.25) is 0 Å². The summed E-state index contributed by atoms with van der Waals surface area (Å²) in [4.78, 5) is 2.42. The predicted octanol–water partition coefficient (Wildman–Crippen LogP) is 16.0. The molecule has 0 saturated carbocycles. The Morgan fingerprint density at radius 3 is 1.69 bits per heavy atom. The molecule has 280 valence electrons. The zero-order chi connectivity index (χ0) is 39.5. The fourth-order valence-electron chi connectivity index (χ4n) is 9.32. The summed E-state index contributed by atoms with van der Waals surface area (Å²) in [6, 6.07) is 76.9. The first-order valence-electron chi connectivity index (χ1n) is 20.4. The second-order valence-corrected chi connectivity index (χ2v) is 16.1. The van der Waals surface area contributed by atoms with Gasteiger partial charge in [-0.1, -0.05) is 178 Å². The summed E-state index contributed by atoms with van der Waals surface area (Å²) in [6.45, 7) is 4.70. The van der Waals surface area contributed by atoms with E-state index < -0.39 is 0 Å². The summed E-state index contributed by atoms with van der Waals surface area (Å²) in [5.74, 6) is 0. The lowest BCUT2D eigenvalue weighted by Crippen LogP contribution is -2.14. The van der Waals surface area contributed by atoms with E-state index in [2.05, 4.69) is 219 Å². The van der Waals surface area contributed by atoms with E-state index in [0.717, 1.165) is 50.1 Å². The van der Waals surface area contributed by atoms with E-state index in [9.17, 15) is 0 Å². The smallest absolute Gasteiger partial charge is 0.136 e. The third-order valence-corrected chi connectivity index (χ3v) is 12.3. The predicted molar refractivity (Wildman–Crippen MR) is 248 cm³/mol. The molecule has 1 aromatic heterocycles. The number of fused-ring (bicyclic) bond motifs is 6. The highest BCUT2D eigenvalue weighted by Crippen LogP contribution is 2.54. The number of rotatable bonds is 7.